The number of primary amides is 1. The number of carbonyl (C=O) groups is 1. The van der Waals surface area contributed by atoms with Gasteiger partial charge in [-0.25, -0.2) is 17.8 Å². The van der Waals surface area contributed by atoms with Gasteiger partial charge in [0.2, 0.25) is 10.0 Å². The minimum Gasteiger partial charge on any atom is -0.364 e. The summed E-state index contributed by atoms with van der Waals surface area (Å²) < 4.78 is 28.9. The Labute approximate surface area is 166 Å². The first-order valence-electron chi connectivity index (χ1n) is 9.17. The van der Waals surface area contributed by atoms with Crippen LogP contribution in [0.25, 0.3) is 27.5 Å². The minimum absolute atomic E-state index is 0.140. The van der Waals surface area contributed by atoms with Gasteiger partial charge >= 0.3 is 0 Å². The maximum Gasteiger partial charge on any atom is 0.269 e. The van der Waals surface area contributed by atoms with E-state index in [4.69, 9.17) is 5.73 Å². The lowest BCUT2D eigenvalue weighted by atomic mass is 10.1. The summed E-state index contributed by atoms with van der Waals surface area (Å²) in [6.45, 7) is 2.39. The van der Waals surface area contributed by atoms with Crippen molar-refractivity contribution in [3.8, 4) is 5.69 Å². The lowest BCUT2D eigenvalue weighted by Crippen LogP contribution is -2.24. The number of nitrogens with one attached hydrogen (secondary N) is 2. The Bertz CT molecular complexity index is 1310. The standard InChI is InChI=1S/C19H20N6O3S/c1-2-3-10-22-29(27,28)13-6-4-12(5-7-13)25-18-14(17(24-25)19(20)26)8-9-16-15(18)11-21-23-16/h4-9,11,22H,2-3,10H2,1H3,(H2,20,26)(H,21,23). The molecule has 29 heavy (non-hydrogen) atoms. The number of hydrogen-bond donors (Lipinski definition) is 3. The van der Waals surface area contributed by atoms with Crippen LogP contribution in [0.5, 0.6) is 0 Å². The second kappa shape index (κ2) is 7.30. The van der Waals surface area contributed by atoms with Crippen LogP contribution < -0.4 is 10.5 Å². The molecule has 1 amide bonds. The number of benzene rings is 2. The number of nitrogens with zero attached hydrogens (tertiary/aromatic N) is 3. The molecule has 4 aromatic rings. The highest BCUT2D eigenvalue weighted by Crippen LogP contribution is 2.29. The number of amides is 1. The SMILES string of the molecule is CCCCNS(=O)(=O)c1ccc(-n2nc(C(N)=O)c3ccc4[nH]ncc4c32)cc1. The fourth-order valence-corrected chi connectivity index (χ4v) is 4.30. The van der Waals surface area contributed by atoms with Gasteiger partial charge in [0.15, 0.2) is 5.69 Å². The maximum atomic E-state index is 12.4. The van der Waals surface area contributed by atoms with Gasteiger partial charge in [-0.1, -0.05) is 13.3 Å². The quantitative estimate of drug-likeness (QED) is 0.399. The van der Waals surface area contributed by atoms with Gasteiger partial charge in [-0.3, -0.25) is 9.89 Å². The molecular formula is C19H20N6O3S. The number of fused-ring (bicyclic) bond motifs is 3. The van der Waals surface area contributed by atoms with Crippen molar-refractivity contribution in [1.29, 1.82) is 0 Å². The predicted octanol–water partition coefficient (Wildman–Crippen LogP) is 2.08. The van der Waals surface area contributed by atoms with Gasteiger partial charge < -0.3 is 5.73 Å². The highest BCUT2D eigenvalue weighted by molar-refractivity contribution is 7.89. The number of H-pyrrole nitrogens is 1. The molecule has 0 aliphatic carbocycles. The molecule has 9 nitrogen and oxygen atoms in total. The van der Waals surface area contributed by atoms with Crippen molar-refractivity contribution < 1.29 is 13.2 Å². The number of carbonyl (C=O) groups excluding carboxylic acids is 1. The minimum atomic E-state index is -3.58. The Morgan fingerprint density at radius 3 is 2.62 bits per heavy atom. The molecule has 2 aromatic heterocycles. The zero-order valence-electron chi connectivity index (χ0n) is 15.7. The van der Waals surface area contributed by atoms with Gasteiger partial charge in [-0.2, -0.15) is 10.2 Å². The van der Waals surface area contributed by atoms with Crippen LogP contribution in [0.4, 0.5) is 0 Å². The van der Waals surface area contributed by atoms with Gasteiger partial charge in [-0.05, 0) is 42.8 Å². The number of rotatable bonds is 7. The highest BCUT2D eigenvalue weighted by atomic mass is 32.2. The van der Waals surface area contributed by atoms with Crippen molar-refractivity contribution in [3.05, 3.63) is 48.3 Å². The summed E-state index contributed by atoms with van der Waals surface area (Å²) in [6, 6.07) is 9.87. The molecular weight excluding hydrogens is 392 g/mol. The number of aromatic nitrogens is 4. The van der Waals surface area contributed by atoms with Crippen molar-refractivity contribution in [2.45, 2.75) is 24.7 Å². The molecule has 4 rings (SSSR count). The van der Waals surface area contributed by atoms with Gasteiger partial charge in [0.1, 0.15) is 0 Å². The molecule has 0 radical (unpaired) electrons. The third-order valence-corrected chi connectivity index (χ3v) is 6.19. The van der Waals surface area contributed by atoms with Crippen LogP contribution in [-0.2, 0) is 10.0 Å². The second-order valence-corrected chi connectivity index (χ2v) is 8.43. The molecule has 0 bridgehead atoms. The Morgan fingerprint density at radius 2 is 1.93 bits per heavy atom. The molecule has 0 spiro atoms. The Balaban J connectivity index is 1.81. The van der Waals surface area contributed by atoms with E-state index < -0.39 is 15.9 Å². The smallest absolute Gasteiger partial charge is 0.269 e. The number of hydrogen-bond acceptors (Lipinski definition) is 5. The summed E-state index contributed by atoms with van der Waals surface area (Å²) in [7, 11) is -3.58. The zero-order valence-corrected chi connectivity index (χ0v) is 16.5. The van der Waals surface area contributed by atoms with Gasteiger partial charge in [0, 0.05) is 17.3 Å². The topological polar surface area (TPSA) is 136 Å². The molecule has 2 aromatic carbocycles. The molecule has 0 aliphatic heterocycles. The largest absolute Gasteiger partial charge is 0.364 e. The zero-order chi connectivity index (χ0) is 20.6. The normalized spacial score (nSPS) is 12.0. The van der Waals surface area contributed by atoms with Gasteiger partial charge in [0.05, 0.1) is 27.8 Å². The molecule has 2 heterocycles. The summed E-state index contributed by atoms with van der Waals surface area (Å²) in [6.07, 6.45) is 3.32. The third-order valence-electron chi connectivity index (χ3n) is 4.71. The predicted molar refractivity (Wildman–Crippen MR) is 109 cm³/mol. The van der Waals surface area contributed by atoms with Crippen molar-refractivity contribution >= 4 is 37.7 Å². The third kappa shape index (κ3) is 3.36. The molecule has 4 N–H and O–H groups in total. The number of nitrogens with two attached hydrogens (primary N) is 1. The van der Waals surface area contributed by atoms with E-state index in [2.05, 4.69) is 20.0 Å². The number of aromatic amines is 1. The van der Waals surface area contributed by atoms with E-state index in [-0.39, 0.29) is 10.6 Å². The molecule has 0 aliphatic rings. The van der Waals surface area contributed by atoms with E-state index >= 15 is 0 Å². The number of unbranched alkanes of at least 4 members (excludes halogenated alkanes) is 1. The first-order valence-corrected chi connectivity index (χ1v) is 10.7. The van der Waals surface area contributed by atoms with E-state index in [9.17, 15) is 13.2 Å². The van der Waals surface area contributed by atoms with E-state index in [0.717, 1.165) is 23.7 Å². The summed E-state index contributed by atoms with van der Waals surface area (Å²) >= 11 is 0. The molecule has 0 atom stereocenters. The Hall–Kier alpha value is -3.24. The number of sulfonamides is 1. The first kappa shape index (κ1) is 19.1. The van der Waals surface area contributed by atoms with Gasteiger partial charge in [-0.15, -0.1) is 0 Å². The molecule has 0 unspecified atom stereocenters. The fraction of sp³-hybridized carbons (Fsp3) is 0.211. The summed E-state index contributed by atoms with van der Waals surface area (Å²) in [5.41, 5.74) is 7.70. The lowest BCUT2D eigenvalue weighted by molar-refractivity contribution is 0.0996. The van der Waals surface area contributed by atoms with E-state index in [1.54, 1.807) is 35.1 Å². The average Bonchev–Trinajstić information content (AvgIpc) is 3.32. The van der Waals surface area contributed by atoms with Crippen molar-refractivity contribution in [2.24, 2.45) is 5.73 Å². The summed E-state index contributed by atoms with van der Waals surface area (Å²) in [5.74, 6) is -0.643. The fourth-order valence-electron chi connectivity index (χ4n) is 3.23. The van der Waals surface area contributed by atoms with Crippen LogP contribution in [-0.4, -0.2) is 40.8 Å². The van der Waals surface area contributed by atoms with Crippen LogP contribution in [0.3, 0.4) is 0 Å². The Morgan fingerprint density at radius 1 is 1.17 bits per heavy atom. The molecule has 10 heteroatoms. The monoisotopic (exact) mass is 412 g/mol. The van der Waals surface area contributed by atoms with Crippen LogP contribution in [0.15, 0.2) is 47.5 Å². The van der Waals surface area contributed by atoms with Crippen LogP contribution >= 0.6 is 0 Å². The molecule has 0 fully saturated rings. The molecule has 0 saturated heterocycles. The summed E-state index contributed by atoms with van der Waals surface area (Å²) in [5, 5.41) is 12.7. The van der Waals surface area contributed by atoms with E-state index in [1.165, 1.54) is 12.1 Å². The average molecular weight is 412 g/mol. The van der Waals surface area contributed by atoms with Crippen molar-refractivity contribution in [3.63, 3.8) is 0 Å². The lowest BCUT2D eigenvalue weighted by Gasteiger charge is -2.08. The van der Waals surface area contributed by atoms with Crippen LogP contribution in [0, 0.1) is 0 Å². The van der Waals surface area contributed by atoms with Crippen molar-refractivity contribution in [1.82, 2.24) is 24.7 Å². The van der Waals surface area contributed by atoms with E-state index in [1.807, 2.05) is 6.92 Å². The van der Waals surface area contributed by atoms with E-state index in [0.29, 0.717) is 23.1 Å². The highest BCUT2D eigenvalue weighted by Gasteiger charge is 2.19. The second-order valence-electron chi connectivity index (χ2n) is 6.66. The Kier molecular flexibility index (Phi) is 4.81. The van der Waals surface area contributed by atoms with Crippen LogP contribution in [0.2, 0.25) is 0 Å². The van der Waals surface area contributed by atoms with Gasteiger partial charge in [0.25, 0.3) is 5.91 Å². The first-order chi connectivity index (χ1) is 13.9. The molecule has 150 valence electrons. The molecule has 0 saturated carbocycles. The summed E-state index contributed by atoms with van der Waals surface area (Å²) in [4.78, 5) is 12.0. The van der Waals surface area contributed by atoms with Crippen molar-refractivity contribution in [2.75, 3.05) is 6.54 Å². The maximum absolute atomic E-state index is 12.4. The van der Waals surface area contributed by atoms with Crippen LogP contribution in [0.1, 0.15) is 30.3 Å².